The van der Waals surface area contributed by atoms with Crippen LogP contribution < -0.4 is 5.32 Å². The zero-order valence-corrected chi connectivity index (χ0v) is 15.2. The summed E-state index contributed by atoms with van der Waals surface area (Å²) in [5.41, 5.74) is 0.400. The molecular weight excluding hydrogens is 338 g/mol. The van der Waals surface area contributed by atoms with E-state index < -0.39 is 10.0 Å². The normalized spacial score (nSPS) is 11.3. The molecule has 1 N–H and O–H groups in total. The Morgan fingerprint density at radius 3 is 2.35 bits per heavy atom. The number of carbonyl (C=O) groups excluding carboxylic acids is 2. The van der Waals surface area contributed by atoms with Crippen LogP contribution in [0.2, 0.25) is 0 Å². The van der Waals surface area contributed by atoms with E-state index in [1.807, 2.05) is 0 Å². The Bertz CT molecular complexity index is 672. The van der Waals surface area contributed by atoms with E-state index in [2.05, 4.69) is 5.32 Å². The first-order valence-electron chi connectivity index (χ1n) is 6.75. The average Bonchev–Trinajstić information content (AvgIpc) is 2.47. The number of carbonyl (C=O) groups is 2. The molecule has 0 bridgehead atoms. The van der Waals surface area contributed by atoms with Gasteiger partial charge in [0.05, 0.1) is 16.4 Å². The molecule has 0 spiro atoms. The minimum absolute atomic E-state index is 0.0677. The van der Waals surface area contributed by atoms with Gasteiger partial charge in [-0.15, -0.1) is 11.8 Å². The number of rotatable bonds is 7. The highest BCUT2D eigenvalue weighted by molar-refractivity contribution is 8.00. The van der Waals surface area contributed by atoms with E-state index in [0.29, 0.717) is 5.69 Å². The summed E-state index contributed by atoms with van der Waals surface area (Å²) in [6.07, 6.45) is 0. The van der Waals surface area contributed by atoms with Crippen molar-refractivity contribution in [2.45, 2.75) is 4.90 Å². The molecule has 0 aliphatic carbocycles. The summed E-state index contributed by atoms with van der Waals surface area (Å²) in [5.74, 6) is -0.0254. The van der Waals surface area contributed by atoms with E-state index in [9.17, 15) is 18.0 Å². The van der Waals surface area contributed by atoms with Gasteiger partial charge in [0.15, 0.2) is 0 Å². The van der Waals surface area contributed by atoms with Gasteiger partial charge in [-0.1, -0.05) is 6.07 Å². The van der Waals surface area contributed by atoms with Crippen molar-refractivity contribution < 1.29 is 18.0 Å². The highest BCUT2D eigenvalue weighted by atomic mass is 32.2. The number of thioether (sulfide) groups is 1. The number of hydrogen-bond donors (Lipinski definition) is 1. The van der Waals surface area contributed by atoms with E-state index >= 15 is 0 Å². The van der Waals surface area contributed by atoms with E-state index in [-0.39, 0.29) is 28.2 Å². The predicted octanol–water partition coefficient (Wildman–Crippen LogP) is 0.697. The van der Waals surface area contributed by atoms with Crippen molar-refractivity contribution in [3.05, 3.63) is 24.3 Å². The molecule has 0 saturated carbocycles. The number of sulfonamides is 1. The zero-order chi connectivity index (χ0) is 17.6. The van der Waals surface area contributed by atoms with Crippen molar-refractivity contribution in [2.24, 2.45) is 0 Å². The fourth-order valence-corrected chi connectivity index (χ4v) is 3.24. The Balaban J connectivity index is 2.65. The van der Waals surface area contributed by atoms with Crippen molar-refractivity contribution in [3.63, 3.8) is 0 Å². The fourth-order valence-electron chi connectivity index (χ4n) is 1.50. The molecule has 128 valence electrons. The summed E-state index contributed by atoms with van der Waals surface area (Å²) in [7, 11) is 2.65. The fraction of sp³-hybridized carbons (Fsp3) is 0.429. The van der Waals surface area contributed by atoms with Crippen LogP contribution in [0.1, 0.15) is 0 Å². The van der Waals surface area contributed by atoms with Gasteiger partial charge >= 0.3 is 0 Å². The molecular formula is C14H21N3O4S2. The van der Waals surface area contributed by atoms with E-state index in [4.69, 9.17) is 0 Å². The molecule has 7 nitrogen and oxygen atoms in total. The number of nitrogens with one attached hydrogen (secondary N) is 1. The minimum atomic E-state index is -3.55. The lowest BCUT2D eigenvalue weighted by molar-refractivity contribution is -0.125. The van der Waals surface area contributed by atoms with Gasteiger partial charge in [0.2, 0.25) is 21.8 Å². The van der Waals surface area contributed by atoms with Crippen LogP contribution in [0, 0.1) is 0 Å². The van der Waals surface area contributed by atoms with Gasteiger partial charge in [-0.3, -0.25) is 9.59 Å². The zero-order valence-electron chi connectivity index (χ0n) is 13.6. The van der Waals surface area contributed by atoms with Gasteiger partial charge in [0.25, 0.3) is 0 Å². The van der Waals surface area contributed by atoms with Crippen LogP contribution in [0.5, 0.6) is 0 Å². The van der Waals surface area contributed by atoms with Gasteiger partial charge in [-0.25, -0.2) is 12.7 Å². The molecule has 0 aliphatic heterocycles. The number of nitrogens with zero attached hydrogens (tertiary/aromatic N) is 2. The Morgan fingerprint density at radius 1 is 1.13 bits per heavy atom. The van der Waals surface area contributed by atoms with Crippen LogP contribution in [0.25, 0.3) is 0 Å². The smallest absolute Gasteiger partial charge is 0.242 e. The maximum Gasteiger partial charge on any atom is 0.242 e. The Kier molecular flexibility index (Phi) is 7.04. The third kappa shape index (κ3) is 5.85. The lowest BCUT2D eigenvalue weighted by atomic mass is 10.3. The van der Waals surface area contributed by atoms with Gasteiger partial charge in [-0.05, 0) is 18.2 Å². The molecule has 0 heterocycles. The van der Waals surface area contributed by atoms with Crippen LogP contribution in [0.3, 0.4) is 0 Å². The SMILES string of the molecule is CN(C)C(=O)CSCC(=O)Nc1cccc(S(=O)(=O)N(C)C)c1. The maximum atomic E-state index is 12.0. The first-order chi connectivity index (χ1) is 10.6. The molecule has 0 radical (unpaired) electrons. The Labute approximate surface area is 141 Å². The summed E-state index contributed by atoms with van der Waals surface area (Å²) >= 11 is 1.20. The number of anilines is 1. The standard InChI is InChI=1S/C14H21N3O4S2/c1-16(2)14(19)10-22-9-13(18)15-11-6-5-7-12(8-11)23(20,21)17(3)4/h5-8H,9-10H2,1-4H3,(H,15,18). The van der Waals surface area contributed by atoms with Crippen molar-refractivity contribution >= 4 is 39.3 Å². The van der Waals surface area contributed by atoms with Gasteiger partial charge in [0.1, 0.15) is 0 Å². The monoisotopic (exact) mass is 359 g/mol. The van der Waals surface area contributed by atoms with Crippen molar-refractivity contribution in [2.75, 3.05) is 45.0 Å². The van der Waals surface area contributed by atoms with Crippen molar-refractivity contribution in [3.8, 4) is 0 Å². The molecule has 2 amide bonds. The van der Waals surface area contributed by atoms with Crippen LogP contribution in [-0.4, -0.2) is 69.1 Å². The molecule has 0 saturated heterocycles. The van der Waals surface area contributed by atoms with Gasteiger partial charge in [0, 0.05) is 33.9 Å². The van der Waals surface area contributed by atoms with Crippen LogP contribution in [-0.2, 0) is 19.6 Å². The summed E-state index contributed by atoms with van der Waals surface area (Å²) in [4.78, 5) is 24.8. The van der Waals surface area contributed by atoms with Crippen LogP contribution in [0.4, 0.5) is 5.69 Å². The van der Waals surface area contributed by atoms with E-state index in [1.165, 1.54) is 42.9 Å². The summed E-state index contributed by atoms with van der Waals surface area (Å²) in [6, 6.07) is 6.05. The van der Waals surface area contributed by atoms with Crippen molar-refractivity contribution in [1.82, 2.24) is 9.21 Å². The average molecular weight is 359 g/mol. The summed E-state index contributed by atoms with van der Waals surface area (Å²) in [6.45, 7) is 0. The van der Waals surface area contributed by atoms with E-state index in [1.54, 1.807) is 26.2 Å². The molecule has 0 unspecified atom stereocenters. The first kappa shape index (κ1) is 19.5. The third-order valence-electron chi connectivity index (χ3n) is 2.85. The highest BCUT2D eigenvalue weighted by Gasteiger charge is 2.17. The molecule has 1 aromatic rings. The molecule has 9 heteroatoms. The second-order valence-corrected chi connectivity index (χ2v) is 8.28. The minimum Gasteiger partial charge on any atom is -0.348 e. The molecule has 0 fully saturated rings. The second-order valence-electron chi connectivity index (χ2n) is 5.14. The summed E-state index contributed by atoms with van der Waals surface area (Å²) in [5, 5.41) is 2.63. The van der Waals surface area contributed by atoms with Gasteiger partial charge < -0.3 is 10.2 Å². The number of amides is 2. The largest absolute Gasteiger partial charge is 0.348 e. The molecule has 1 rings (SSSR count). The van der Waals surface area contributed by atoms with E-state index in [0.717, 1.165) is 4.31 Å². The molecule has 0 atom stereocenters. The quantitative estimate of drug-likeness (QED) is 0.774. The summed E-state index contributed by atoms with van der Waals surface area (Å²) < 4.78 is 25.2. The molecule has 23 heavy (non-hydrogen) atoms. The van der Waals surface area contributed by atoms with Crippen LogP contribution >= 0.6 is 11.8 Å². The Hall–Kier alpha value is -1.58. The molecule has 1 aromatic carbocycles. The number of hydrogen-bond acceptors (Lipinski definition) is 5. The van der Waals surface area contributed by atoms with Crippen LogP contribution in [0.15, 0.2) is 29.2 Å². The third-order valence-corrected chi connectivity index (χ3v) is 5.58. The predicted molar refractivity (Wildman–Crippen MR) is 92.0 cm³/mol. The maximum absolute atomic E-state index is 12.0. The lowest BCUT2D eigenvalue weighted by Gasteiger charge is -2.13. The number of benzene rings is 1. The molecule has 0 aliphatic rings. The second kappa shape index (κ2) is 8.32. The first-order valence-corrected chi connectivity index (χ1v) is 9.34. The van der Waals surface area contributed by atoms with Crippen molar-refractivity contribution in [1.29, 1.82) is 0 Å². The van der Waals surface area contributed by atoms with Gasteiger partial charge in [-0.2, -0.15) is 0 Å². The highest BCUT2D eigenvalue weighted by Crippen LogP contribution is 2.18. The molecule has 0 aromatic heterocycles. The Morgan fingerprint density at radius 2 is 1.78 bits per heavy atom. The topological polar surface area (TPSA) is 86.8 Å². The lowest BCUT2D eigenvalue weighted by Crippen LogP contribution is -2.24.